The quantitative estimate of drug-likeness (QED) is 0.847. The first-order chi connectivity index (χ1) is 9.56. The van der Waals surface area contributed by atoms with Gasteiger partial charge < -0.3 is 5.32 Å². The molecule has 0 saturated heterocycles. The van der Waals surface area contributed by atoms with Crippen molar-refractivity contribution in [1.82, 2.24) is 10.2 Å². The van der Waals surface area contributed by atoms with E-state index in [9.17, 15) is 4.79 Å². The number of H-pyrrole nitrogens is 1. The zero-order chi connectivity index (χ0) is 14.3. The summed E-state index contributed by atoms with van der Waals surface area (Å²) in [5.74, 6) is 1.13. The fourth-order valence-corrected chi connectivity index (χ4v) is 3.83. The number of benzene rings is 1. The smallest absolute Gasteiger partial charge is 0.235 e. The van der Waals surface area contributed by atoms with Gasteiger partial charge in [-0.15, -0.1) is 11.8 Å². The van der Waals surface area contributed by atoms with Gasteiger partial charge in [0.05, 0.1) is 11.0 Å². The van der Waals surface area contributed by atoms with Crippen molar-refractivity contribution in [1.29, 1.82) is 0 Å². The van der Waals surface area contributed by atoms with E-state index in [0.29, 0.717) is 11.6 Å². The fourth-order valence-electron chi connectivity index (χ4n) is 2.55. The van der Waals surface area contributed by atoms with Crippen molar-refractivity contribution in [3.63, 3.8) is 0 Å². The number of nitrogens with zero attached hydrogens (tertiary/aromatic N) is 1. The molecular formula is C15H17N3OS. The summed E-state index contributed by atoms with van der Waals surface area (Å²) in [5.41, 5.74) is 5.85. The van der Waals surface area contributed by atoms with Crippen molar-refractivity contribution in [2.45, 2.75) is 26.0 Å². The average molecular weight is 287 g/mol. The van der Waals surface area contributed by atoms with E-state index in [1.807, 2.05) is 6.92 Å². The minimum absolute atomic E-state index is 0.00977. The van der Waals surface area contributed by atoms with Crippen LogP contribution in [0.15, 0.2) is 18.2 Å². The molecule has 2 aromatic rings. The molecule has 20 heavy (non-hydrogen) atoms. The van der Waals surface area contributed by atoms with Gasteiger partial charge >= 0.3 is 0 Å². The predicted octanol–water partition coefficient (Wildman–Crippen LogP) is 3.11. The van der Waals surface area contributed by atoms with Gasteiger partial charge in [-0.1, -0.05) is 23.8 Å². The molecule has 104 valence electrons. The molecule has 0 saturated carbocycles. The van der Waals surface area contributed by atoms with E-state index >= 15 is 0 Å². The first-order valence-corrected chi connectivity index (χ1v) is 7.64. The molecule has 5 heteroatoms. The number of anilines is 1. The van der Waals surface area contributed by atoms with Gasteiger partial charge in [-0.05, 0) is 31.9 Å². The van der Waals surface area contributed by atoms with Gasteiger partial charge in [0, 0.05) is 11.3 Å². The van der Waals surface area contributed by atoms with E-state index in [4.69, 9.17) is 0 Å². The van der Waals surface area contributed by atoms with Crippen molar-refractivity contribution in [3.05, 3.63) is 46.1 Å². The van der Waals surface area contributed by atoms with Crippen LogP contribution in [0, 0.1) is 20.8 Å². The minimum atomic E-state index is 0.00977. The third-order valence-corrected chi connectivity index (χ3v) is 4.86. The molecule has 1 aromatic carbocycles. The van der Waals surface area contributed by atoms with Crippen LogP contribution in [0.1, 0.15) is 33.2 Å². The van der Waals surface area contributed by atoms with Gasteiger partial charge in [0.1, 0.15) is 0 Å². The van der Waals surface area contributed by atoms with E-state index in [2.05, 4.69) is 47.6 Å². The van der Waals surface area contributed by atoms with E-state index < -0.39 is 0 Å². The summed E-state index contributed by atoms with van der Waals surface area (Å²) in [6, 6.07) is 6.46. The maximum atomic E-state index is 11.8. The first-order valence-electron chi connectivity index (χ1n) is 6.59. The van der Waals surface area contributed by atoms with Gasteiger partial charge in [0.2, 0.25) is 5.91 Å². The van der Waals surface area contributed by atoms with Crippen LogP contribution in [-0.4, -0.2) is 21.9 Å². The lowest BCUT2D eigenvalue weighted by Gasteiger charge is -2.18. The van der Waals surface area contributed by atoms with Crippen molar-refractivity contribution in [3.8, 4) is 0 Å². The fraction of sp³-hybridized carbons (Fsp3) is 0.333. The van der Waals surface area contributed by atoms with Crippen molar-refractivity contribution in [2.75, 3.05) is 11.1 Å². The number of carbonyl (C=O) groups excluding carboxylic acids is 1. The number of nitrogens with one attached hydrogen (secondary N) is 2. The largest absolute Gasteiger partial charge is 0.308 e. The van der Waals surface area contributed by atoms with Gasteiger partial charge in [0.15, 0.2) is 5.82 Å². The van der Waals surface area contributed by atoms with Crippen LogP contribution in [0.3, 0.4) is 0 Å². The Morgan fingerprint density at radius 3 is 2.90 bits per heavy atom. The molecule has 1 aliphatic heterocycles. The highest BCUT2D eigenvalue weighted by atomic mass is 32.2. The summed E-state index contributed by atoms with van der Waals surface area (Å²) in [5, 5.41) is 10.2. The second-order valence-electron chi connectivity index (χ2n) is 5.21. The second-order valence-corrected chi connectivity index (χ2v) is 6.30. The Morgan fingerprint density at radius 1 is 1.30 bits per heavy atom. The molecule has 1 aromatic heterocycles. The van der Waals surface area contributed by atoms with E-state index in [1.54, 1.807) is 11.8 Å². The number of aryl methyl sites for hydroxylation is 3. The van der Waals surface area contributed by atoms with Crippen LogP contribution in [0.2, 0.25) is 0 Å². The Hall–Kier alpha value is -1.75. The van der Waals surface area contributed by atoms with Gasteiger partial charge in [-0.25, -0.2) is 0 Å². The minimum Gasteiger partial charge on any atom is -0.308 e. The normalized spacial score (nSPS) is 18.4. The van der Waals surface area contributed by atoms with Gasteiger partial charge in [-0.2, -0.15) is 5.10 Å². The van der Waals surface area contributed by atoms with Crippen LogP contribution in [-0.2, 0) is 4.79 Å². The number of aromatic nitrogens is 2. The molecule has 0 spiro atoms. The van der Waals surface area contributed by atoms with E-state index in [1.165, 1.54) is 16.7 Å². The number of aromatic amines is 1. The Balaban J connectivity index is 2.15. The van der Waals surface area contributed by atoms with Crippen molar-refractivity contribution in [2.24, 2.45) is 0 Å². The zero-order valence-electron chi connectivity index (χ0n) is 11.8. The summed E-state index contributed by atoms with van der Waals surface area (Å²) in [4.78, 5) is 11.8. The molecule has 1 amide bonds. The summed E-state index contributed by atoms with van der Waals surface area (Å²) in [6.45, 7) is 6.21. The van der Waals surface area contributed by atoms with Crippen molar-refractivity contribution >= 4 is 23.5 Å². The molecule has 1 unspecified atom stereocenters. The number of fused-ring (bicyclic) bond motifs is 1. The highest BCUT2D eigenvalue weighted by Crippen LogP contribution is 2.43. The molecule has 2 N–H and O–H groups in total. The molecule has 2 heterocycles. The van der Waals surface area contributed by atoms with E-state index in [0.717, 1.165) is 11.3 Å². The molecule has 0 bridgehead atoms. The Labute approximate surface area is 122 Å². The molecule has 1 atom stereocenters. The highest BCUT2D eigenvalue weighted by molar-refractivity contribution is 8.00. The maximum absolute atomic E-state index is 11.8. The SMILES string of the molecule is Cc1ccc(C)c(C2SCC(=O)Nc3n[nH]c(C)c32)c1. The third-order valence-electron chi connectivity index (χ3n) is 3.61. The Kier molecular flexibility index (Phi) is 3.30. The van der Waals surface area contributed by atoms with Crippen LogP contribution >= 0.6 is 11.8 Å². The number of carbonyl (C=O) groups is 1. The number of amides is 1. The lowest BCUT2D eigenvalue weighted by molar-refractivity contribution is -0.113. The summed E-state index contributed by atoms with van der Waals surface area (Å²) in [7, 11) is 0. The van der Waals surface area contributed by atoms with Crippen LogP contribution in [0.4, 0.5) is 5.82 Å². The molecular weight excluding hydrogens is 270 g/mol. The number of hydrogen-bond acceptors (Lipinski definition) is 3. The molecule has 0 aliphatic carbocycles. The number of rotatable bonds is 1. The topological polar surface area (TPSA) is 57.8 Å². The van der Waals surface area contributed by atoms with Crippen LogP contribution in [0.5, 0.6) is 0 Å². The number of hydrogen-bond donors (Lipinski definition) is 2. The summed E-state index contributed by atoms with van der Waals surface area (Å²) < 4.78 is 0. The van der Waals surface area contributed by atoms with Gasteiger partial charge in [-0.3, -0.25) is 9.89 Å². The molecule has 3 rings (SSSR count). The lowest BCUT2D eigenvalue weighted by atomic mass is 9.98. The monoisotopic (exact) mass is 287 g/mol. The van der Waals surface area contributed by atoms with Gasteiger partial charge in [0.25, 0.3) is 0 Å². The average Bonchev–Trinajstić information content (AvgIpc) is 2.67. The number of thioether (sulfide) groups is 1. The molecule has 4 nitrogen and oxygen atoms in total. The predicted molar refractivity (Wildman–Crippen MR) is 82.2 cm³/mol. The summed E-state index contributed by atoms with van der Waals surface area (Å²) >= 11 is 1.66. The van der Waals surface area contributed by atoms with E-state index in [-0.39, 0.29) is 11.2 Å². The third kappa shape index (κ3) is 2.22. The van der Waals surface area contributed by atoms with Crippen LogP contribution < -0.4 is 5.32 Å². The Bertz CT molecular complexity index is 678. The zero-order valence-corrected chi connectivity index (χ0v) is 12.6. The molecule has 0 radical (unpaired) electrons. The molecule has 1 aliphatic rings. The highest BCUT2D eigenvalue weighted by Gasteiger charge is 2.28. The molecule has 0 fully saturated rings. The lowest BCUT2D eigenvalue weighted by Crippen LogP contribution is -2.12. The maximum Gasteiger partial charge on any atom is 0.235 e. The first kappa shape index (κ1) is 13.2. The Morgan fingerprint density at radius 2 is 2.10 bits per heavy atom. The van der Waals surface area contributed by atoms with Crippen LogP contribution in [0.25, 0.3) is 0 Å². The second kappa shape index (κ2) is 4.98. The summed E-state index contributed by atoms with van der Waals surface area (Å²) in [6.07, 6.45) is 0. The standard InChI is InChI=1S/C15H17N3OS/c1-8-4-5-9(2)11(6-8)14-13-10(3)17-18-15(13)16-12(19)7-20-14/h4-6,14H,7H2,1-3H3,(H2,16,17,18,19). The van der Waals surface area contributed by atoms with Crippen molar-refractivity contribution < 1.29 is 4.79 Å².